The Balaban J connectivity index is 1.65. The molecule has 3 aromatic carbocycles. The van der Waals surface area contributed by atoms with Gasteiger partial charge >= 0.3 is 0 Å². The normalized spacial score (nSPS) is 10.5. The fourth-order valence-electron chi connectivity index (χ4n) is 2.45. The summed E-state index contributed by atoms with van der Waals surface area (Å²) in [5.74, 6) is 0.855. The van der Waals surface area contributed by atoms with Crippen molar-refractivity contribution in [2.75, 3.05) is 5.32 Å². The van der Waals surface area contributed by atoms with E-state index in [0.29, 0.717) is 23.2 Å². The van der Waals surface area contributed by atoms with Crippen molar-refractivity contribution in [3.63, 3.8) is 0 Å². The van der Waals surface area contributed by atoms with E-state index in [9.17, 15) is 0 Å². The van der Waals surface area contributed by atoms with E-state index in [1.807, 2.05) is 30.3 Å². The second kappa shape index (κ2) is 8.28. The van der Waals surface area contributed by atoms with E-state index in [2.05, 4.69) is 42.6 Å². The van der Waals surface area contributed by atoms with Gasteiger partial charge in [-0.25, -0.2) is 0 Å². The third-order valence-electron chi connectivity index (χ3n) is 3.89. The minimum Gasteiger partial charge on any atom is -0.489 e. The van der Waals surface area contributed by atoms with Crippen molar-refractivity contribution in [3.05, 3.63) is 93.5 Å². The number of rotatable bonds is 6. The minimum absolute atomic E-state index is 0.443. The van der Waals surface area contributed by atoms with Crippen LogP contribution in [0.2, 0.25) is 10.0 Å². The molecular formula is C21H19Cl2NO. The molecule has 0 saturated heterocycles. The quantitative estimate of drug-likeness (QED) is 0.534. The van der Waals surface area contributed by atoms with Crippen LogP contribution in [0.25, 0.3) is 0 Å². The maximum Gasteiger partial charge on any atom is 0.124 e. The van der Waals surface area contributed by atoms with Crippen LogP contribution in [0.5, 0.6) is 5.75 Å². The molecular weight excluding hydrogens is 353 g/mol. The highest BCUT2D eigenvalue weighted by Gasteiger charge is 2.05. The Bertz CT molecular complexity index is 847. The summed E-state index contributed by atoms with van der Waals surface area (Å²) < 4.78 is 5.98. The summed E-state index contributed by atoms with van der Waals surface area (Å²) >= 11 is 12.0. The average molecular weight is 372 g/mol. The molecule has 0 saturated carbocycles. The summed E-state index contributed by atoms with van der Waals surface area (Å²) in [6.07, 6.45) is 0. The number of halogens is 2. The molecule has 0 unspecified atom stereocenters. The Morgan fingerprint density at radius 1 is 0.880 bits per heavy atom. The first kappa shape index (κ1) is 17.7. The van der Waals surface area contributed by atoms with Gasteiger partial charge in [-0.15, -0.1) is 0 Å². The van der Waals surface area contributed by atoms with Crippen molar-refractivity contribution >= 4 is 28.9 Å². The predicted molar refractivity (Wildman–Crippen MR) is 106 cm³/mol. The first-order valence-corrected chi connectivity index (χ1v) is 8.82. The van der Waals surface area contributed by atoms with Crippen LogP contribution >= 0.6 is 23.2 Å². The van der Waals surface area contributed by atoms with Crippen LogP contribution in [0, 0.1) is 6.92 Å². The van der Waals surface area contributed by atoms with Crippen LogP contribution in [-0.4, -0.2) is 0 Å². The number of benzene rings is 3. The van der Waals surface area contributed by atoms with Gasteiger partial charge in [0.2, 0.25) is 0 Å². The number of hydrogen-bond acceptors (Lipinski definition) is 2. The average Bonchev–Trinajstić information content (AvgIpc) is 2.63. The zero-order valence-corrected chi connectivity index (χ0v) is 15.4. The second-order valence-corrected chi connectivity index (χ2v) is 6.68. The highest BCUT2D eigenvalue weighted by atomic mass is 35.5. The Morgan fingerprint density at radius 3 is 2.40 bits per heavy atom. The molecule has 1 N–H and O–H groups in total. The van der Waals surface area contributed by atoms with Gasteiger partial charge in [0.1, 0.15) is 12.4 Å². The summed E-state index contributed by atoms with van der Waals surface area (Å²) in [6.45, 7) is 3.22. The SMILES string of the molecule is Cc1ccc(NCc2ccccc2OCc2ccc(Cl)c(Cl)c2)cc1. The van der Waals surface area contributed by atoms with Crippen LogP contribution in [0.3, 0.4) is 0 Å². The maximum atomic E-state index is 6.06. The third-order valence-corrected chi connectivity index (χ3v) is 4.62. The number of anilines is 1. The van der Waals surface area contributed by atoms with Crippen molar-refractivity contribution in [1.29, 1.82) is 0 Å². The van der Waals surface area contributed by atoms with Gasteiger partial charge in [0.05, 0.1) is 10.0 Å². The van der Waals surface area contributed by atoms with Gasteiger partial charge in [-0.3, -0.25) is 0 Å². The molecule has 0 radical (unpaired) electrons. The van der Waals surface area contributed by atoms with Gasteiger partial charge in [-0.05, 0) is 42.8 Å². The Morgan fingerprint density at radius 2 is 1.64 bits per heavy atom. The fourth-order valence-corrected chi connectivity index (χ4v) is 2.77. The maximum absolute atomic E-state index is 6.06. The predicted octanol–water partition coefficient (Wildman–Crippen LogP) is 6.49. The standard InChI is InChI=1S/C21H19Cl2NO/c1-15-6-9-18(10-7-15)24-13-17-4-2-3-5-21(17)25-14-16-8-11-19(22)20(23)12-16/h2-12,24H,13-14H2,1H3. The summed E-state index contributed by atoms with van der Waals surface area (Å²) in [4.78, 5) is 0. The minimum atomic E-state index is 0.443. The van der Waals surface area contributed by atoms with E-state index in [-0.39, 0.29) is 0 Å². The molecule has 4 heteroatoms. The topological polar surface area (TPSA) is 21.3 Å². The molecule has 0 atom stereocenters. The number of nitrogens with one attached hydrogen (secondary N) is 1. The Labute approximate surface area is 158 Å². The van der Waals surface area contributed by atoms with E-state index in [4.69, 9.17) is 27.9 Å². The fraction of sp³-hybridized carbons (Fsp3) is 0.143. The van der Waals surface area contributed by atoms with Crippen molar-refractivity contribution in [1.82, 2.24) is 0 Å². The molecule has 0 aliphatic rings. The first-order chi connectivity index (χ1) is 12.1. The zero-order chi connectivity index (χ0) is 17.6. The van der Waals surface area contributed by atoms with E-state index in [0.717, 1.165) is 22.6 Å². The van der Waals surface area contributed by atoms with Gasteiger partial charge in [0.15, 0.2) is 0 Å². The van der Waals surface area contributed by atoms with Crippen LogP contribution < -0.4 is 10.1 Å². The highest BCUT2D eigenvalue weighted by molar-refractivity contribution is 6.42. The lowest BCUT2D eigenvalue weighted by molar-refractivity contribution is 0.303. The molecule has 2 nitrogen and oxygen atoms in total. The summed E-state index contributed by atoms with van der Waals surface area (Å²) in [5.41, 5.74) is 4.42. The lowest BCUT2D eigenvalue weighted by Crippen LogP contribution is -2.03. The van der Waals surface area contributed by atoms with Crippen LogP contribution in [0.1, 0.15) is 16.7 Å². The molecule has 0 aliphatic carbocycles. The molecule has 0 fully saturated rings. The molecule has 0 amide bonds. The van der Waals surface area contributed by atoms with Crippen molar-refractivity contribution in [2.24, 2.45) is 0 Å². The van der Waals surface area contributed by atoms with Gasteiger partial charge < -0.3 is 10.1 Å². The van der Waals surface area contributed by atoms with E-state index in [1.54, 1.807) is 6.07 Å². The number of hydrogen-bond donors (Lipinski definition) is 1. The molecule has 3 rings (SSSR count). The summed E-state index contributed by atoms with van der Waals surface area (Å²) in [6, 6.07) is 21.9. The Hall–Kier alpha value is -2.16. The van der Waals surface area contributed by atoms with Crippen LogP contribution in [0.15, 0.2) is 66.7 Å². The molecule has 3 aromatic rings. The Kier molecular flexibility index (Phi) is 5.85. The lowest BCUT2D eigenvalue weighted by atomic mass is 10.2. The van der Waals surface area contributed by atoms with E-state index in [1.165, 1.54) is 5.56 Å². The number of aryl methyl sites for hydroxylation is 1. The van der Waals surface area contributed by atoms with Gasteiger partial charge in [0.25, 0.3) is 0 Å². The highest BCUT2D eigenvalue weighted by Crippen LogP contribution is 2.25. The van der Waals surface area contributed by atoms with Crippen molar-refractivity contribution < 1.29 is 4.74 Å². The van der Waals surface area contributed by atoms with Crippen molar-refractivity contribution in [3.8, 4) is 5.75 Å². The molecule has 0 aliphatic heterocycles. The number of ether oxygens (including phenoxy) is 1. The molecule has 25 heavy (non-hydrogen) atoms. The molecule has 0 bridgehead atoms. The third kappa shape index (κ3) is 4.91. The van der Waals surface area contributed by atoms with E-state index < -0.39 is 0 Å². The molecule has 0 heterocycles. The van der Waals surface area contributed by atoms with Gasteiger partial charge in [0, 0.05) is 17.8 Å². The first-order valence-electron chi connectivity index (χ1n) is 8.07. The summed E-state index contributed by atoms with van der Waals surface area (Å²) in [5, 5.41) is 4.51. The van der Waals surface area contributed by atoms with E-state index >= 15 is 0 Å². The zero-order valence-electron chi connectivity index (χ0n) is 13.9. The second-order valence-electron chi connectivity index (χ2n) is 5.86. The molecule has 0 spiro atoms. The monoisotopic (exact) mass is 371 g/mol. The lowest BCUT2D eigenvalue weighted by Gasteiger charge is -2.13. The number of para-hydroxylation sites is 1. The van der Waals surface area contributed by atoms with Crippen LogP contribution in [-0.2, 0) is 13.2 Å². The van der Waals surface area contributed by atoms with Crippen LogP contribution in [0.4, 0.5) is 5.69 Å². The van der Waals surface area contributed by atoms with Crippen molar-refractivity contribution in [2.45, 2.75) is 20.1 Å². The smallest absolute Gasteiger partial charge is 0.124 e. The van der Waals surface area contributed by atoms with Gasteiger partial charge in [-0.1, -0.05) is 65.2 Å². The largest absolute Gasteiger partial charge is 0.489 e. The summed E-state index contributed by atoms with van der Waals surface area (Å²) in [7, 11) is 0. The molecule has 0 aromatic heterocycles. The molecule has 128 valence electrons. The van der Waals surface area contributed by atoms with Gasteiger partial charge in [-0.2, -0.15) is 0 Å².